The smallest absolute Gasteiger partial charge is 0.335 e. The summed E-state index contributed by atoms with van der Waals surface area (Å²) in [5.41, 5.74) is 0. The van der Waals surface area contributed by atoms with Crippen molar-refractivity contribution in [3.8, 4) is 0 Å². The van der Waals surface area contributed by atoms with Crippen LogP contribution in [0.5, 0.6) is 0 Å². The second kappa shape index (κ2) is 3.27. The average Bonchev–Trinajstić information content (AvgIpc) is 2.35. The zero-order valence-electron chi connectivity index (χ0n) is 6.59. The van der Waals surface area contributed by atoms with E-state index in [-0.39, 0.29) is 6.10 Å². The van der Waals surface area contributed by atoms with Gasteiger partial charge in [0, 0.05) is 0 Å². The average molecular weight is 157 g/mol. The summed E-state index contributed by atoms with van der Waals surface area (Å²) in [7, 11) is 1.33. The van der Waals surface area contributed by atoms with E-state index in [1.54, 1.807) is 0 Å². The highest BCUT2D eigenvalue weighted by atomic mass is 16.5. The van der Waals surface area contributed by atoms with E-state index >= 15 is 0 Å². The summed E-state index contributed by atoms with van der Waals surface area (Å²) in [6.07, 6.45) is 1.43. The molecule has 4 heteroatoms. The van der Waals surface area contributed by atoms with Crippen molar-refractivity contribution < 1.29 is 14.3 Å². The summed E-state index contributed by atoms with van der Waals surface area (Å²) in [4.78, 5) is 10.7. The van der Waals surface area contributed by atoms with Gasteiger partial charge in [0.2, 0.25) is 0 Å². The third kappa shape index (κ3) is 2.14. The fraction of sp³-hybridized carbons (Fsp3) is 0.571. The van der Waals surface area contributed by atoms with E-state index in [1.165, 1.54) is 13.2 Å². The fourth-order valence-corrected chi connectivity index (χ4v) is 0.795. The Morgan fingerprint density at radius 3 is 3.09 bits per heavy atom. The molecule has 1 saturated heterocycles. The Kier molecular flexibility index (Phi) is 2.36. The lowest BCUT2D eigenvalue weighted by Crippen LogP contribution is -2.10. The Morgan fingerprint density at radius 1 is 1.91 bits per heavy atom. The SMILES string of the molecule is COC(=O)/C=C1\NCC(C)O1. The lowest BCUT2D eigenvalue weighted by atomic mass is 10.4. The first-order valence-electron chi connectivity index (χ1n) is 3.42. The molecule has 1 aliphatic rings. The Morgan fingerprint density at radius 2 is 2.64 bits per heavy atom. The zero-order valence-corrected chi connectivity index (χ0v) is 6.59. The molecular formula is C7H11NO3. The van der Waals surface area contributed by atoms with Crippen molar-refractivity contribution >= 4 is 5.97 Å². The van der Waals surface area contributed by atoms with Crippen molar-refractivity contribution in [3.63, 3.8) is 0 Å². The van der Waals surface area contributed by atoms with Crippen LogP contribution in [-0.2, 0) is 14.3 Å². The van der Waals surface area contributed by atoms with Gasteiger partial charge in [0.1, 0.15) is 6.10 Å². The maximum absolute atomic E-state index is 10.7. The van der Waals surface area contributed by atoms with E-state index in [9.17, 15) is 4.79 Å². The highest BCUT2D eigenvalue weighted by molar-refractivity contribution is 5.82. The number of carbonyl (C=O) groups is 1. The number of esters is 1. The van der Waals surface area contributed by atoms with Crippen LogP contribution < -0.4 is 5.32 Å². The summed E-state index contributed by atoms with van der Waals surface area (Å²) in [5, 5.41) is 2.91. The molecule has 0 spiro atoms. The lowest BCUT2D eigenvalue weighted by Gasteiger charge is -1.99. The van der Waals surface area contributed by atoms with Gasteiger partial charge in [-0.3, -0.25) is 0 Å². The highest BCUT2D eigenvalue weighted by Gasteiger charge is 2.15. The van der Waals surface area contributed by atoms with Gasteiger partial charge in [0.05, 0.1) is 19.7 Å². The van der Waals surface area contributed by atoms with E-state index in [0.29, 0.717) is 5.88 Å². The van der Waals surface area contributed by atoms with Gasteiger partial charge in [-0.05, 0) is 6.92 Å². The molecule has 11 heavy (non-hydrogen) atoms. The number of nitrogens with one attached hydrogen (secondary N) is 1. The predicted molar refractivity (Wildman–Crippen MR) is 38.6 cm³/mol. The second-order valence-electron chi connectivity index (χ2n) is 2.34. The van der Waals surface area contributed by atoms with Crippen molar-refractivity contribution in [1.82, 2.24) is 5.32 Å². The predicted octanol–water partition coefficient (Wildman–Crippen LogP) is 0.00910. The van der Waals surface area contributed by atoms with Crippen molar-refractivity contribution in [1.29, 1.82) is 0 Å². The molecule has 0 aromatic rings. The van der Waals surface area contributed by atoms with E-state index in [0.717, 1.165) is 6.54 Å². The summed E-state index contributed by atoms with van der Waals surface area (Å²) in [6, 6.07) is 0. The molecule has 0 bridgehead atoms. The maximum Gasteiger partial charge on any atom is 0.335 e. The summed E-state index contributed by atoms with van der Waals surface area (Å²) in [6.45, 7) is 2.66. The van der Waals surface area contributed by atoms with Crippen LogP contribution >= 0.6 is 0 Å². The Labute approximate surface area is 65.2 Å². The quantitative estimate of drug-likeness (QED) is 0.430. The monoisotopic (exact) mass is 157 g/mol. The summed E-state index contributed by atoms with van der Waals surface area (Å²) < 4.78 is 9.59. The molecule has 62 valence electrons. The van der Waals surface area contributed by atoms with Crippen LogP contribution in [-0.4, -0.2) is 25.7 Å². The molecule has 1 fully saturated rings. The molecule has 4 nitrogen and oxygen atoms in total. The molecule has 0 radical (unpaired) electrons. The number of hydrogen-bond donors (Lipinski definition) is 1. The van der Waals surface area contributed by atoms with Crippen LogP contribution in [0.3, 0.4) is 0 Å². The standard InChI is InChI=1S/C7H11NO3/c1-5-4-8-6(11-5)3-7(9)10-2/h3,5,8H,4H2,1-2H3/b6-3+. The van der Waals surface area contributed by atoms with E-state index in [4.69, 9.17) is 4.74 Å². The highest BCUT2D eigenvalue weighted by Crippen LogP contribution is 2.06. The molecular weight excluding hydrogens is 146 g/mol. The van der Waals surface area contributed by atoms with Crippen LogP contribution in [0.1, 0.15) is 6.92 Å². The number of carbonyl (C=O) groups excluding carboxylic acids is 1. The molecule has 1 unspecified atom stereocenters. The molecule has 0 aromatic carbocycles. The van der Waals surface area contributed by atoms with Crippen molar-refractivity contribution in [2.75, 3.05) is 13.7 Å². The van der Waals surface area contributed by atoms with Crippen molar-refractivity contribution in [2.24, 2.45) is 0 Å². The first-order chi connectivity index (χ1) is 5.22. The van der Waals surface area contributed by atoms with Crippen molar-refractivity contribution in [3.05, 3.63) is 12.0 Å². The molecule has 0 saturated carbocycles. The molecule has 1 rings (SSSR count). The van der Waals surface area contributed by atoms with Crippen LogP contribution in [0.4, 0.5) is 0 Å². The Balaban J connectivity index is 2.48. The van der Waals surface area contributed by atoms with Gasteiger partial charge in [0.25, 0.3) is 0 Å². The minimum Gasteiger partial charge on any atom is -0.474 e. The molecule has 0 amide bonds. The second-order valence-corrected chi connectivity index (χ2v) is 2.34. The normalized spacial score (nSPS) is 26.0. The third-order valence-electron chi connectivity index (χ3n) is 1.34. The first-order valence-corrected chi connectivity index (χ1v) is 3.42. The van der Waals surface area contributed by atoms with Gasteiger partial charge < -0.3 is 14.8 Å². The van der Waals surface area contributed by atoms with E-state index in [2.05, 4.69) is 10.1 Å². The van der Waals surface area contributed by atoms with Gasteiger partial charge in [-0.2, -0.15) is 0 Å². The van der Waals surface area contributed by atoms with Crippen LogP contribution in [0.2, 0.25) is 0 Å². The molecule has 1 heterocycles. The minimum atomic E-state index is -0.401. The molecule has 1 N–H and O–H groups in total. The van der Waals surface area contributed by atoms with Gasteiger partial charge in [-0.1, -0.05) is 0 Å². The number of ether oxygens (including phenoxy) is 2. The van der Waals surface area contributed by atoms with Gasteiger partial charge in [-0.15, -0.1) is 0 Å². The summed E-state index contributed by atoms with van der Waals surface area (Å²) >= 11 is 0. The molecule has 1 aliphatic heterocycles. The van der Waals surface area contributed by atoms with E-state index in [1.807, 2.05) is 6.92 Å². The van der Waals surface area contributed by atoms with E-state index < -0.39 is 5.97 Å². The molecule has 0 aromatic heterocycles. The Bertz CT molecular complexity index is 188. The Hall–Kier alpha value is -1.19. The lowest BCUT2D eigenvalue weighted by molar-refractivity contribution is -0.135. The number of rotatable bonds is 1. The third-order valence-corrected chi connectivity index (χ3v) is 1.34. The molecule has 0 aliphatic carbocycles. The number of methoxy groups -OCH3 is 1. The minimum absolute atomic E-state index is 0.130. The zero-order chi connectivity index (χ0) is 8.27. The van der Waals surface area contributed by atoms with Gasteiger partial charge in [-0.25, -0.2) is 4.79 Å². The van der Waals surface area contributed by atoms with Crippen LogP contribution in [0.25, 0.3) is 0 Å². The van der Waals surface area contributed by atoms with Crippen LogP contribution in [0.15, 0.2) is 12.0 Å². The van der Waals surface area contributed by atoms with Crippen LogP contribution in [0, 0.1) is 0 Å². The first kappa shape index (κ1) is 7.91. The molecule has 1 atom stereocenters. The summed E-state index contributed by atoms with van der Waals surface area (Å²) in [5.74, 6) is 0.0888. The maximum atomic E-state index is 10.7. The topological polar surface area (TPSA) is 47.6 Å². The van der Waals surface area contributed by atoms with Crippen molar-refractivity contribution in [2.45, 2.75) is 13.0 Å². The van der Waals surface area contributed by atoms with Gasteiger partial charge >= 0.3 is 5.97 Å². The van der Waals surface area contributed by atoms with Gasteiger partial charge in [0.15, 0.2) is 5.88 Å². The largest absolute Gasteiger partial charge is 0.474 e. The fourth-order valence-electron chi connectivity index (χ4n) is 0.795. The number of hydrogen-bond acceptors (Lipinski definition) is 4.